The van der Waals surface area contributed by atoms with Gasteiger partial charge in [-0.25, -0.2) is 4.39 Å². The summed E-state index contributed by atoms with van der Waals surface area (Å²) in [5.74, 6) is -2.80. The van der Waals surface area contributed by atoms with Gasteiger partial charge in [0.05, 0.1) is 29.3 Å². The number of hydrogen-bond acceptors (Lipinski definition) is 4. The van der Waals surface area contributed by atoms with Gasteiger partial charge in [0.2, 0.25) is 0 Å². The molecule has 1 aliphatic rings. The van der Waals surface area contributed by atoms with Crippen LogP contribution in [0.3, 0.4) is 0 Å². The Bertz CT molecular complexity index is 1320. The number of aryl methyl sites for hydroxylation is 1. The van der Waals surface area contributed by atoms with Crippen LogP contribution in [0.1, 0.15) is 22.7 Å². The SMILES string of the molecule is COc1c(Cl)cc(Cl)cc1/C(O)=C1\C(=O)C(=O)N(c2cccc(F)c2)C1c1ccccc1C. The van der Waals surface area contributed by atoms with E-state index in [-0.39, 0.29) is 32.6 Å². The second-order valence-electron chi connectivity index (χ2n) is 7.47. The Labute approximate surface area is 199 Å². The van der Waals surface area contributed by atoms with Crippen molar-refractivity contribution >= 4 is 46.3 Å². The molecule has 1 heterocycles. The van der Waals surface area contributed by atoms with Gasteiger partial charge < -0.3 is 9.84 Å². The number of nitrogens with zero attached hydrogens (tertiary/aromatic N) is 1. The van der Waals surface area contributed by atoms with E-state index in [0.717, 1.165) is 11.6 Å². The number of Topliss-reactive ketones (excluding diaryl/α,β-unsaturated/α-hetero) is 1. The number of rotatable bonds is 4. The smallest absolute Gasteiger partial charge is 0.300 e. The summed E-state index contributed by atoms with van der Waals surface area (Å²) in [4.78, 5) is 27.6. The maximum absolute atomic E-state index is 14.0. The maximum atomic E-state index is 14.0. The molecule has 0 aliphatic carbocycles. The fourth-order valence-corrected chi connectivity index (χ4v) is 4.57. The molecule has 8 heteroatoms. The van der Waals surface area contributed by atoms with Crippen LogP contribution in [0.5, 0.6) is 5.75 Å². The largest absolute Gasteiger partial charge is 0.507 e. The molecule has 5 nitrogen and oxygen atoms in total. The zero-order valence-electron chi connectivity index (χ0n) is 17.6. The lowest BCUT2D eigenvalue weighted by atomic mass is 9.92. The number of methoxy groups -OCH3 is 1. The van der Waals surface area contributed by atoms with E-state index >= 15 is 0 Å². The molecule has 1 unspecified atom stereocenters. The molecule has 1 amide bonds. The zero-order chi connectivity index (χ0) is 23.9. The molecule has 3 aromatic carbocycles. The standard InChI is InChI=1S/C25H18Cl2FNO4/c1-13-6-3-4-9-17(13)21-20(22(30)18-10-14(26)11-19(27)24(18)33-2)23(31)25(32)29(21)16-8-5-7-15(28)12-16/h3-12,21,30H,1-2H3/b22-20+. The molecule has 1 aliphatic heterocycles. The minimum absolute atomic E-state index is 0.0610. The fraction of sp³-hybridized carbons (Fsp3) is 0.120. The van der Waals surface area contributed by atoms with Gasteiger partial charge in [-0.2, -0.15) is 0 Å². The molecule has 168 valence electrons. The van der Waals surface area contributed by atoms with Crippen molar-refractivity contribution in [3.05, 3.63) is 98.8 Å². The maximum Gasteiger partial charge on any atom is 0.300 e. The summed E-state index contributed by atoms with van der Waals surface area (Å²) in [7, 11) is 1.36. The number of aliphatic hydroxyl groups is 1. The van der Waals surface area contributed by atoms with Crippen LogP contribution in [0.15, 0.2) is 66.2 Å². The second-order valence-corrected chi connectivity index (χ2v) is 8.32. The molecular formula is C25H18Cl2FNO4. The predicted octanol–water partition coefficient (Wildman–Crippen LogP) is 6.08. The average Bonchev–Trinajstić information content (AvgIpc) is 3.03. The van der Waals surface area contributed by atoms with Crippen molar-refractivity contribution < 1.29 is 23.8 Å². The number of amides is 1. The van der Waals surface area contributed by atoms with E-state index in [1.54, 1.807) is 12.1 Å². The van der Waals surface area contributed by atoms with Crippen molar-refractivity contribution in [2.75, 3.05) is 12.0 Å². The normalized spacial score (nSPS) is 17.5. The van der Waals surface area contributed by atoms with Crippen LogP contribution in [0, 0.1) is 12.7 Å². The molecular weight excluding hydrogens is 468 g/mol. The first-order valence-corrected chi connectivity index (χ1v) is 10.7. The first kappa shape index (κ1) is 22.8. The quantitative estimate of drug-likeness (QED) is 0.276. The number of carbonyl (C=O) groups is 2. The summed E-state index contributed by atoms with van der Waals surface area (Å²) in [6.45, 7) is 1.82. The lowest BCUT2D eigenvalue weighted by Crippen LogP contribution is -2.29. The molecule has 1 atom stereocenters. The summed E-state index contributed by atoms with van der Waals surface area (Å²) in [6, 6.07) is 14.3. The lowest BCUT2D eigenvalue weighted by molar-refractivity contribution is -0.132. The van der Waals surface area contributed by atoms with Gasteiger partial charge in [0.15, 0.2) is 0 Å². The van der Waals surface area contributed by atoms with E-state index in [1.807, 2.05) is 19.1 Å². The molecule has 1 N–H and O–H groups in total. The van der Waals surface area contributed by atoms with Crippen molar-refractivity contribution in [2.45, 2.75) is 13.0 Å². The van der Waals surface area contributed by atoms with Gasteiger partial charge in [0.1, 0.15) is 17.3 Å². The van der Waals surface area contributed by atoms with Crippen molar-refractivity contribution in [3.8, 4) is 5.75 Å². The number of carbonyl (C=O) groups excluding carboxylic acids is 2. The van der Waals surface area contributed by atoms with Gasteiger partial charge in [0.25, 0.3) is 11.7 Å². The van der Waals surface area contributed by atoms with E-state index in [1.165, 1.54) is 42.3 Å². The van der Waals surface area contributed by atoms with Crippen molar-refractivity contribution in [1.82, 2.24) is 0 Å². The molecule has 1 saturated heterocycles. The summed E-state index contributed by atoms with van der Waals surface area (Å²) in [5, 5.41) is 11.6. The minimum Gasteiger partial charge on any atom is -0.507 e. The number of aliphatic hydroxyl groups excluding tert-OH is 1. The van der Waals surface area contributed by atoms with Crippen molar-refractivity contribution in [3.63, 3.8) is 0 Å². The van der Waals surface area contributed by atoms with Crippen LogP contribution in [-0.2, 0) is 9.59 Å². The van der Waals surface area contributed by atoms with E-state index in [4.69, 9.17) is 27.9 Å². The number of ether oxygens (including phenoxy) is 1. The Balaban J connectivity index is 2.04. The number of benzene rings is 3. The number of hydrogen-bond donors (Lipinski definition) is 1. The van der Waals surface area contributed by atoms with Gasteiger partial charge >= 0.3 is 0 Å². The Morgan fingerprint density at radius 1 is 1.06 bits per heavy atom. The first-order chi connectivity index (χ1) is 15.7. The summed E-state index contributed by atoms with van der Waals surface area (Å²) >= 11 is 12.4. The van der Waals surface area contributed by atoms with Crippen molar-refractivity contribution in [2.24, 2.45) is 0 Å². The number of ketones is 1. The number of anilines is 1. The first-order valence-electron chi connectivity index (χ1n) is 9.90. The van der Waals surface area contributed by atoms with E-state index in [0.29, 0.717) is 5.56 Å². The lowest BCUT2D eigenvalue weighted by Gasteiger charge is -2.26. The molecule has 0 radical (unpaired) electrons. The molecule has 33 heavy (non-hydrogen) atoms. The van der Waals surface area contributed by atoms with Gasteiger partial charge in [-0.05, 0) is 48.4 Å². The molecule has 0 spiro atoms. The predicted molar refractivity (Wildman–Crippen MR) is 125 cm³/mol. The van der Waals surface area contributed by atoms with Crippen LogP contribution < -0.4 is 9.64 Å². The van der Waals surface area contributed by atoms with Crippen LogP contribution in [-0.4, -0.2) is 23.9 Å². The Morgan fingerprint density at radius 3 is 2.45 bits per heavy atom. The van der Waals surface area contributed by atoms with E-state index in [2.05, 4.69) is 0 Å². The highest BCUT2D eigenvalue weighted by atomic mass is 35.5. The van der Waals surface area contributed by atoms with Gasteiger partial charge in [-0.3, -0.25) is 14.5 Å². The average molecular weight is 486 g/mol. The van der Waals surface area contributed by atoms with Gasteiger partial charge in [-0.15, -0.1) is 0 Å². The molecule has 1 fully saturated rings. The third kappa shape index (κ3) is 3.96. The van der Waals surface area contributed by atoms with Crippen LogP contribution in [0.25, 0.3) is 5.76 Å². The van der Waals surface area contributed by atoms with Crippen molar-refractivity contribution in [1.29, 1.82) is 0 Å². The third-order valence-corrected chi connectivity index (χ3v) is 5.98. The minimum atomic E-state index is -1.02. The molecule has 0 saturated carbocycles. The summed E-state index contributed by atoms with van der Waals surface area (Å²) in [6.07, 6.45) is 0. The molecule has 0 bridgehead atoms. The monoisotopic (exact) mass is 485 g/mol. The number of halogens is 3. The Kier molecular flexibility index (Phi) is 6.15. The Hall–Kier alpha value is -3.35. The highest BCUT2D eigenvalue weighted by molar-refractivity contribution is 6.52. The van der Waals surface area contributed by atoms with Gasteiger partial charge in [0, 0.05) is 10.7 Å². The van der Waals surface area contributed by atoms with E-state index < -0.39 is 29.3 Å². The highest BCUT2D eigenvalue weighted by Gasteiger charge is 2.47. The zero-order valence-corrected chi connectivity index (χ0v) is 19.1. The van der Waals surface area contributed by atoms with Crippen LogP contribution in [0.4, 0.5) is 10.1 Å². The molecule has 0 aromatic heterocycles. The fourth-order valence-electron chi connectivity index (χ4n) is 4.00. The topological polar surface area (TPSA) is 66.8 Å². The summed E-state index contributed by atoms with van der Waals surface area (Å²) < 4.78 is 19.4. The van der Waals surface area contributed by atoms with Gasteiger partial charge in [-0.1, -0.05) is 53.5 Å². The van der Waals surface area contributed by atoms with Crippen LogP contribution >= 0.6 is 23.2 Å². The molecule has 3 aromatic rings. The highest BCUT2D eigenvalue weighted by Crippen LogP contribution is 2.45. The third-order valence-electron chi connectivity index (χ3n) is 5.48. The summed E-state index contributed by atoms with van der Waals surface area (Å²) in [5.41, 5.74) is 1.42. The Morgan fingerprint density at radius 2 is 1.79 bits per heavy atom. The van der Waals surface area contributed by atoms with Crippen LogP contribution in [0.2, 0.25) is 10.0 Å². The van der Waals surface area contributed by atoms with E-state index in [9.17, 15) is 19.1 Å². The second kappa shape index (κ2) is 8.89. The molecule has 4 rings (SSSR count).